The van der Waals surface area contributed by atoms with E-state index in [-0.39, 0.29) is 17.2 Å². The van der Waals surface area contributed by atoms with Crippen LogP contribution in [0.3, 0.4) is 0 Å². The number of carboxylic acids is 1. The molecular weight excluding hydrogens is 246 g/mol. The number of likely N-dealkylation sites (tertiary alicyclic amines) is 1. The Hall–Kier alpha value is -1.10. The Kier molecular flexibility index (Phi) is 3.25. The van der Waals surface area contributed by atoms with Gasteiger partial charge in [-0.3, -0.25) is 4.79 Å². The Morgan fingerprint density at radius 3 is 2.63 bits per heavy atom. The minimum atomic E-state index is -0.852. The first-order valence-corrected chi connectivity index (χ1v) is 7.25. The molecule has 19 heavy (non-hydrogen) atoms. The van der Waals surface area contributed by atoms with Gasteiger partial charge in [0.15, 0.2) is 0 Å². The van der Waals surface area contributed by atoms with Crippen LogP contribution in [0.15, 0.2) is 0 Å². The number of hydrogen-bond acceptors (Lipinski definition) is 3. The van der Waals surface area contributed by atoms with E-state index >= 15 is 0 Å². The molecule has 1 unspecified atom stereocenters. The van der Waals surface area contributed by atoms with E-state index in [1.54, 1.807) is 4.90 Å². The summed E-state index contributed by atoms with van der Waals surface area (Å²) in [6.45, 7) is 2.09. The third-order valence-electron chi connectivity index (χ3n) is 5.05. The molecule has 1 amide bonds. The number of ether oxygens (including phenoxy) is 1. The van der Waals surface area contributed by atoms with Gasteiger partial charge in [-0.2, -0.15) is 0 Å². The Morgan fingerprint density at radius 2 is 1.95 bits per heavy atom. The average molecular weight is 267 g/mol. The lowest BCUT2D eigenvalue weighted by molar-refractivity contribution is -0.153. The van der Waals surface area contributed by atoms with Gasteiger partial charge in [-0.1, -0.05) is 0 Å². The fourth-order valence-electron chi connectivity index (χ4n) is 3.68. The highest BCUT2D eigenvalue weighted by atomic mass is 16.5. The number of hydrogen-bond donors (Lipinski definition) is 1. The lowest BCUT2D eigenvalue weighted by Gasteiger charge is -2.34. The lowest BCUT2D eigenvalue weighted by atomic mass is 9.92. The molecule has 106 valence electrons. The molecule has 1 aliphatic carbocycles. The van der Waals surface area contributed by atoms with Crippen LogP contribution in [-0.2, 0) is 14.3 Å². The van der Waals surface area contributed by atoms with E-state index in [2.05, 4.69) is 0 Å². The van der Waals surface area contributed by atoms with Gasteiger partial charge in [0, 0.05) is 25.7 Å². The fraction of sp³-hybridized carbons (Fsp3) is 0.857. The summed E-state index contributed by atoms with van der Waals surface area (Å²) in [5.41, 5.74) is 0.135. The third-order valence-corrected chi connectivity index (χ3v) is 5.05. The van der Waals surface area contributed by atoms with E-state index in [0.717, 1.165) is 45.3 Å². The van der Waals surface area contributed by atoms with Crippen molar-refractivity contribution in [3.63, 3.8) is 0 Å². The van der Waals surface area contributed by atoms with Crippen LogP contribution in [0.2, 0.25) is 0 Å². The summed E-state index contributed by atoms with van der Waals surface area (Å²) in [7, 11) is 0. The van der Waals surface area contributed by atoms with Gasteiger partial charge in [0.25, 0.3) is 0 Å². The van der Waals surface area contributed by atoms with Gasteiger partial charge in [0.1, 0.15) is 6.04 Å². The predicted molar refractivity (Wildman–Crippen MR) is 67.6 cm³/mol. The SMILES string of the molecule is O=C(O)[C@H]1CCCCN1C(=O)C1CC12CCOCC2. The molecule has 0 aromatic rings. The number of amides is 1. The van der Waals surface area contributed by atoms with Crippen molar-refractivity contribution in [3.05, 3.63) is 0 Å². The second-order valence-electron chi connectivity index (χ2n) is 6.11. The topological polar surface area (TPSA) is 66.8 Å². The molecule has 5 nitrogen and oxygen atoms in total. The molecule has 3 fully saturated rings. The number of carbonyl (C=O) groups is 2. The Labute approximate surface area is 112 Å². The molecule has 0 aromatic carbocycles. The van der Waals surface area contributed by atoms with Crippen molar-refractivity contribution < 1.29 is 19.4 Å². The highest BCUT2D eigenvalue weighted by Crippen LogP contribution is 2.60. The number of nitrogens with zero attached hydrogens (tertiary/aromatic N) is 1. The second-order valence-corrected chi connectivity index (χ2v) is 6.11. The van der Waals surface area contributed by atoms with Gasteiger partial charge in [-0.05, 0) is 43.9 Å². The number of rotatable bonds is 2. The zero-order valence-corrected chi connectivity index (χ0v) is 11.1. The van der Waals surface area contributed by atoms with Crippen LogP contribution in [0.5, 0.6) is 0 Å². The van der Waals surface area contributed by atoms with Crippen molar-refractivity contribution in [3.8, 4) is 0 Å². The number of piperidine rings is 1. The van der Waals surface area contributed by atoms with E-state index in [0.29, 0.717) is 13.0 Å². The summed E-state index contributed by atoms with van der Waals surface area (Å²) in [5.74, 6) is -0.722. The smallest absolute Gasteiger partial charge is 0.326 e. The fourth-order valence-corrected chi connectivity index (χ4v) is 3.68. The van der Waals surface area contributed by atoms with Crippen molar-refractivity contribution in [1.82, 2.24) is 4.90 Å². The second kappa shape index (κ2) is 4.78. The van der Waals surface area contributed by atoms with Gasteiger partial charge < -0.3 is 14.7 Å². The van der Waals surface area contributed by atoms with E-state index in [9.17, 15) is 14.7 Å². The Bertz CT molecular complexity index is 389. The lowest BCUT2D eigenvalue weighted by Crippen LogP contribution is -2.49. The first-order valence-electron chi connectivity index (χ1n) is 7.25. The normalized spacial score (nSPS) is 33.2. The molecule has 0 radical (unpaired) electrons. The van der Waals surface area contributed by atoms with Gasteiger partial charge in [0.05, 0.1) is 0 Å². The molecule has 3 rings (SSSR count). The monoisotopic (exact) mass is 267 g/mol. The molecule has 2 aliphatic heterocycles. The van der Waals surface area contributed by atoms with Crippen molar-refractivity contribution >= 4 is 11.9 Å². The van der Waals surface area contributed by atoms with Crippen LogP contribution in [0.1, 0.15) is 38.5 Å². The summed E-state index contributed by atoms with van der Waals surface area (Å²) >= 11 is 0. The van der Waals surface area contributed by atoms with Crippen LogP contribution in [0, 0.1) is 11.3 Å². The van der Waals surface area contributed by atoms with E-state index in [1.807, 2.05) is 0 Å². The highest BCUT2D eigenvalue weighted by Gasteiger charge is 2.59. The van der Waals surface area contributed by atoms with Gasteiger partial charge in [-0.15, -0.1) is 0 Å². The molecule has 2 saturated heterocycles. The van der Waals surface area contributed by atoms with Crippen molar-refractivity contribution in [2.75, 3.05) is 19.8 Å². The summed E-state index contributed by atoms with van der Waals surface area (Å²) in [4.78, 5) is 25.5. The maximum atomic E-state index is 12.6. The summed E-state index contributed by atoms with van der Waals surface area (Å²) in [5, 5.41) is 9.25. The molecule has 0 aromatic heterocycles. The largest absolute Gasteiger partial charge is 0.480 e. The van der Waals surface area contributed by atoms with Crippen LogP contribution >= 0.6 is 0 Å². The zero-order valence-electron chi connectivity index (χ0n) is 11.1. The first-order chi connectivity index (χ1) is 9.14. The molecule has 1 N–H and O–H groups in total. The molecule has 1 saturated carbocycles. The van der Waals surface area contributed by atoms with Crippen molar-refractivity contribution in [1.29, 1.82) is 0 Å². The van der Waals surface area contributed by atoms with Crippen molar-refractivity contribution in [2.24, 2.45) is 11.3 Å². The van der Waals surface area contributed by atoms with Crippen LogP contribution in [-0.4, -0.2) is 47.7 Å². The van der Waals surface area contributed by atoms with Gasteiger partial charge in [0.2, 0.25) is 5.91 Å². The minimum absolute atomic E-state index is 0.0522. The minimum Gasteiger partial charge on any atom is -0.480 e. The molecule has 0 bridgehead atoms. The predicted octanol–water partition coefficient (Wildman–Crippen LogP) is 1.27. The van der Waals surface area contributed by atoms with E-state index in [1.165, 1.54) is 0 Å². The standard InChI is InChI=1S/C14H21NO4/c16-12(10-9-14(10)4-7-19-8-5-14)15-6-2-1-3-11(15)13(17)18/h10-11H,1-9H2,(H,17,18)/t10?,11-/m1/s1. The first kappa shape index (κ1) is 12.9. The number of carboxylic acid groups (broad SMARTS) is 1. The quantitative estimate of drug-likeness (QED) is 0.818. The zero-order chi connectivity index (χ0) is 13.5. The molecule has 1 spiro atoms. The number of carbonyl (C=O) groups excluding carboxylic acids is 1. The maximum Gasteiger partial charge on any atom is 0.326 e. The van der Waals surface area contributed by atoms with Crippen LogP contribution < -0.4 is 0 Å². The molecule has 3 aliphatic rings. The molecule has 5 heteroatoms. The van der Waals surface area contributed by atoms with Gasteiger partial charge >= 0.3 is 5.97 Å². The van der Waals surface area contributed by atoms with E-state index in [4.69, 9.17) is 4.74 Å². The maximum absolute atomic E-state index is 12.6. The molecular formula is C14H21NO4. The summed E-state index contributed by atoms with van der Waals surface area (Å²) in [6.07, 6.45) is 5.27. The summed E-state index contributed by atoms with van der Waals surface area (Å²) in [6, 6.07) is -0.598. The Balaban J connectivity index is 1.68. The van der Waals surface area contributed by atoms with Crippen molar-refractivity contribution in [2.45, 2.75) is 44.6 Å². The highest BCUT2D eigenvalue weighted by molar-refractivity contribution is 5.87. The van der Waals surface area contributed by atoms with E-state index < -0.39 is 12.0 Å². The van der Waals surface area contributed by atoms with Gasteiger partial charge in [-0.25, -0.2) is 4.79 Å². The third kappa shape index (κ3) is 2.24. The molecule has 2 atom stereocenters. The van der Waals surface area contributed by atoms with Crippen LogP contribution in [0.25, 0.3) is 0 Å². The average Bonchev–Trinajstić information content (AvgIpc) is 3.12. The number of aliphatic carboxylic acids is 1. The summed E-state index contributed by atoms with van der Waals surface area (Å²) < 4.78 is 5.36. The molecule has 2 heterocycles. The Morgan fingerprint density at radius 1 is 1.21 bits per heavy atom. The van der Waals surface area contributed by atoms with Crippen LogP contribution in [0.4, 0.5) is 0 Å².